The van der Waals surface area contributed by atoms with E-state index in [4.69, 9.17) is 9.47 Å². The van der Waals surface area contributed by atoms with Gasteiger partial charge in [0.2, 0.25) is 0 Å². The second-order valence-electron chi connectivity index (χ2n) is 6.48. The predicted molar refractivity (Wildman–Crippen MR) is 103 cm³/mol. The van der Waals surface area contributed by atoms with Gasteiger partial charge in [-0.2, -0.15) is 0 Å². The Morgan fingerprint density at radius 1 is 1.00 bits per heavy atom. The molecule has 0 aliphatic rings. The number of nitrogens with zero attached hydrogens (tertiary/aromatic N) is 1. The van der Waals surface area contributed by atoms with Gasteiger partial charge in [0, 0.05) is 13.2 Å². The number of hydrogen-bond donors (Lipinski definition) is 0. The van der Waals surface area contributed by atoms with Gasteiger partial charge in [-0.1, -0.05) is 51.8 Å². The maximum Gasteiger partial charge on any atom is 0.338 e. The van der Waals surface area contributed by atoms with Crippen molar-refractivity contribution in [2.75, 3.05) is 32.8 Å². The van der Waals surface area contributed by atoms with Crippen molar-refractivity contribution in [3.8, 4) is 0 Å². The standard InChI is InChI=1S/C21H35NO3/c1-4-7-14-22(15-8-5-2)17-20(18-24-16-6-3)25-21(23)19-12-10-9-11-13-19/h9-13,20H,4-8,14-18H2,1-3H3. The molecular formula is C21H35NO3. The first-order valence-electron chi connectivity index (χ1n) is 9.77. The van der Waals surface area contributed by atoms with Crippen LogP contribution in [0.5, 0.6) is 0 Å². The van der Waals surface area contributed by atoms with Gasteiger partial charge >= 0.3 is 5.97 Å². The van der Waals surface area contributed by atoms with Crippen LogP contribution in [0.3, 0.4) is 0 Å². The zero-order chi connectivity index (χ0) is 18.3. The Morgan fingerprint density at radius 3 is 2.20 bits per heavy atom. The van der Waals surface area contributed by atoms with Crippen LogP contribution in [0, 0.1) is 0 Å². The quantitative estimate of drug-likeness (QED) is 0.365. The highest BCUT2D eigenvalue weighted by molar-refractivity contribution is 5.89. The smallest absolute Gasteiger partial charge is 0.338 e. The molecule has 4 nitrogen and oxygen atoms in total. The average Bonchev–Trinajstić information content (AvgIpc) is 2.64. The summed E-state index contributed by atoms with van der Waals surface area (Å²) in [5.74, 6) is -0.267. The van der Waals surface area contributed by atoms with Crippen LogP contribution in [-0.2, 0) is 9.47 Å². The van der Waals surface area contributed by atoms with Crippen molar-refractivity contribution in [3.63, 3.8) is 0 Å². The van der Waals surface area contributed by atoms with Gasteiger partial charge in [-0.05, 0) is 44.5 Å². The maximum atomic E-state index is 12.4. The highest BCUT2D eigenvalue weighted by Gasteiger charge is 2.19. The van der Waals surface area contributed by atoms with Crippen LogP contribution in [0.25, 0.3) is 0 Å². The Kier molecular flexibility index (Phi) is 12.0. The summed E-state index contributed by atoms with van der Waals surface area (Å²) in [6.07, 6.45) is 5.41. The fourth-order valence-electron chi connectivity index (χ4n) is 2.62. The Labute approximate surface area is 153 Å². The van der Waals surface area contributed by atoms with E-state index in [1.807, 2.05) is 18.2 Å². The third-order valence-corrected chi connectivity index (χ3v) is 4.05. The summed E-state index contributed by atoms with van der Waals surface area (Å²) in [5, 5.41) is 0. The van der Waals surface area contributed by atoms with Crippen LogP contribution in [0.4, 0.5) is 0 Å². The minimum Gasteiger partial charge on any atom is -0.455 e. The first-order valence-corrected chi connectivity index (χ1v) is 9.77. The number of benzene rings is 1. The molecule has 1 rings (SSSR count). The Balaban J connectivity index is 2.66. The van der Waals surface area contributed by atoms with E-state index in [0.29, 0.717) is 18.8 Å². The van der Waals surface area contributed by atoms with Gasteiger partial charge in [0.25, 0.3) is 0 Å². The van der Waals surface area contributed by atoms with Gasteiger partial charge in [-0.3, -0.25) is 4.90 Å². The topological polar surface area (TPSA) is 38.8 Å². The monoisotopic (exact) mass is 349 g/mol. The lowest BCUT2D eigenvalue weighted by Gasteiger charge is -2.27. The highest BCUT2D eigenvalue weighted by atomic mass is 16.6. The SMILES string of the molecule is CCCCN(CCCC)CC(COCCC)OC(=O)c1ccccc1. The number of unbranched alkanes of at least 4 members (excludes halogenated alkanes) is 2. The van der Waals surface area contributed by atoms with E-state index in [2.05, 4.69) is 25.7 Å². The molecule has 142 valence electrons. The molecule has 25 heavy (non-hydrogen) atoms. The van der Waals surface area contributed by atoms with Gasteiger partial charge < -0.3 is 9.47 Å². The summed E-state index contributed by atoms with van der Waals surface area (Å²) in [6.45, 7) is 10.5. The average molecular weight is 350 g/mol. The molecule has 0 aliphatic carbocycles. The molecule has 1 aromatic rings. The fraction of sp³-hybridized carbons (Fsp3) is 0.667. The van der Waals surface area contributed by atoms with Gasteiger partial charge in [0.1, 0.15) is 6.10 Å². The molecule has 0 spiro atoms. The van der Waals surface area contributed by atoms with Crippen molar-refractivity contribution >= 4 is 5.97 Å². The molecule has 0 fully saturated rings. The zero-order valence-corrected chi connectivity index (χ0v) is 16.2. The van der Waals surface area contributed by atoms with Crippen molar-refractivity contribution in [1.82, 2.24) is 4.90 Å². The van der Waals surface area contributed by atoms with Crippen LogP contribution >= 0.6 is 0 Å². The molecular weight excluding hydrogens is 314 g/mol. The zero-order valence-electron chi connectivity index (χ0n) is 16.2. The molecule has 4 heteroatoms. The summed E-state index contributed by atoms with van der Waals surface area (Å²) >= 11 is 0. The first-order chi connectivity index (χ1) is 12.2. The normalized spacial score (nSPS) is 12.3. The number of carbonyl (C=O) groups is 1. The largest absolute Gasteiger partial charge is 0.455 e. The second kappa shape index (κ2) is 13.9. The Morgan fingerprint density at radius 2 is 1.64 bits per heavy atom. The molecule has 0 N–H and O–H groups in total. The van der Waals surface area contributed by atoms with E-state index in [1.165, 1.54) is 25.7 Å². The molecule has 0 saturated heterocycles. The number of rotatable bonds is 14. The lowest BCUT2D eigenvalue weighted by atomic mass is 10.2. The molecule has 0 aromatic heterocycles. The predicted octanol–water partition coefficient (Wildman–Crippen LogP) is 4.54. The van der Waals surface area contributed by atoms with E-state index in [-0.39, 0.29) is 12.1 Å². The van der Waals surface area contributed by atoms with Crippen molar-refractivity contribution in [3.05, 3.63) is 35.9 Å². The Hall–Kier alpha value is -1.39. The minimum atomic E-state index is -0.267. The second-order valence-corrected chi connectivity index (χ2v) is 6.48. The van der Waals surface area contributed by atoms with Gasteiger partial charge in [-0.15, -0.1) is 0 Å². The van der Waals surface area contributed by atoms with Crippen molar-refractivity contribution in [2.24, 2.45) is 0 Å². The number of carbonyl (C=O) groups excluding carboxylic acids is 1. The molecule has 0 amide bonds. The summed E-state index contributed by atoms with van der Waals surface area (Å²) in [6, 6.07) is 9.19. The van der Waals surface area contributed by atoms with Gasteiger partial charge in [-0.25, -0.2) is 4.79 Å². The fourth-order valence-corrected chi connectivity index (χ4v) is 2.62. The molecule has 1 aromatic carbocycles. The Bertz CT molecular complexity index is 442. The molecule has 0 heterocycles. The van der Waals surface area contributed by atoms with Crippen molar-refractivity contribution < 1.29 is 14.3 Å². The van der Waals surface area contributed by atoms with Gasteiger partial charge in [0.15, 0.2) is 0 Å². The van der Waals surface area contributed by atoms with Crippen LogP contribution in [0.15, 0.2) is 30.3 Å². The molecule has 0 saturated carbocycles. The third-order valence-electron chi connectivity index (χ3n) is 4.05. The number of hydrogen-bond acceptors (Lipinski definition) is 4. The van der Waals surface area contributed by atoms with Gasteiger partial charge in [0.05, 0.1) is 12.2 Å². The van der Waals surface area contributed by atoms with E-state index < -0.39 is 0 Å². The highest BCUT2D eigenvalue weighted by Crippen LogP contribution is 2.08. The molecule has 1 atom stereocenters. The van der Waals surface area contributed by atoms with Crippen LogP contribution in [-0.4, -0.2) is 49.8 Å². The molecule has 0 bridgehead atoms. The number of ether oxygens (including phenoxy) is 2. The van der Waals surface area contributed by atoms with E-state index in [0.717, 1.165) is 26.1 Å². The third kappa shape index (κ3) is 9.61. The summed E-state index contributed by atoms with van der Waals surface area (Å²) < 4.78 is 11.5. The van der Waals surface area contributed by atoms with E-state index >= 15 is 0 Å². The van der Waals surface area contributed by atoms with E-state index in [1.54, 1.807) is 12.1 Å². The lowest BCUT2D eigenvalue weighted by molar-refractivity contribution is -0.0164. The minimum absolute atomic E-state index is 0.229. The van der Waals surface area contributed by atoms with Crippen molar-refractivity contribution in [1.29, 1.82) is 0 Å². The summed E-state index contributed by atoms with van der Waals surface area (Å²) in [4.78, 5) is 14.8. The summed E-state index contributed by atoms with van der Waals surface area (Å²) in [7, 11) is 0. The maximum absolute atomic E-state index is 12.4. The van der Waals surface area contributed by atoms with Crippen molar-refractivity contribution in [2.45, 2.75) is 59.0 Å². The van der Waals surface area contributed by atoms with Crippen LogP contribution in [0.2, 0.25) is 0 Å². The molecule has 0 aliphatic heterocycles. The van der Waals surface area contributed by atoms with E-state index in [9.17, 15) is 4.79 Å². The van der Waals surface area contributed by atoms with Crippen LogP contribution < -0.4 is 0 Å². The molecule has 1 unspecified atom stereocenters. The number of esters is 1. The van der Waals surface area contributed by atoms with Crippen LogP contribution in [0.1, 0.15) is 63.2 Å². The lowest BCUT2D eigenvalue weighted by Crippen LogP contribution is -2.39. The molecule has 0 radical (unpaired) electrons. The summed E-state index contributed by atoms with van der Waals surface area (Å²) in [5.41, 5.74) is 0.594. The first kappa shape index (κ1) is 21.7.